The van der Waals surface area contributed by atoms with Crippen molar-refractivity contribution < 1.29 is 23.8 Å². The number of hydrogen-bond donors (Lipinski definition) is 1. The van der Waals surface area contributed by atoms with Gasteiger partial charge in [-0.05, 0) is 43.3 Å². The molecule has 0 aliphatic heterocycles. The van der Waals surface area contributed by atoms with Crippen molar-refractivity contribution in [3.8, 4) is 11.5 Å². The molecule has 1 N–H and O–H groups in total. The average Bonchev–Trinajstić information content (AvgIpc) is 2.79. The maximum absolute atomic E-state index is 12.6. The van der Waals surface area contributed by atoms with Crippen LogP contribution in [0.2, 0.25) is 5.15 Å². The molecule has 3 aromatic rings. The van der Waals surface area contributed by atoms with Gasteiger partial charge < -0.3 is 19.5 Å². The lowest BCUT2D eigenvalue weighted by atomic mass is 10.2. The fourth-order valence-corrected chi connectivity index (χ4v) is 2.75. The summed E-state index contributed by atoms with van der Waals surface area (Å²) in [5.74, 6) is -0.142. The normalized spacial score (nSPS) is 11.3. The molecule has 1 unspecified atom stereocenters. The van der Waals surface area contributed by atoms with Gasteiger partial charge in [-0.25, -0.2) is 9.78 Å². The Balaban J connectivity index is 1.55. The third-order valence-corrected chi connectivity index (χ3v) is 4.43. The molecule has 0 radical (unpaired) electrons. The minimum Gasteiger partial charge on any atom is -0.490 e. The Bertz CT molecular complexity index is 1030. The lowest BCUT2D eigenvalue weighted by Crippen LogP contribution is -2.30. The van der Waals surface area contributed by atoms with Gasteiger partial charge >= 0.3 is 5.97 Å². The molecule has 7 nitrogen and oxygen atoms in total. The summed E-state index contributed by atoms with van der Waals surface area (Å²) >= 11 is 5.93. The number of para-hydroxylation sites is 2. The number of carbonyl (C=O) groups is 2. The first-order valence-corrected chi connectivity index (χ1v) is 9.94. The maximum atomic E-state index is 12.6. The van der Waals surface area contributed by atoms with Crippen LogP contribution in [0.4, 0.5) is 5.69 Å². The summed E-state index contributed by atoms with van der Waals surface area (Å²) in [6.45, 7) is 2.00. The smallest absolute Gasteiger partial charge is 0.342 e. The van der Waals surface area contributed by atoms with Crippen molar-refractivity contribution in [3.63, 3.8) is 0 Å². The highest BCUT2D eigenvalue weighted by molar-refractivity contribution is 6.32. The van der Waals surface area contributed by atoms with E-state index in [0.29, 0.717) is 18.0 Å². The van der Waals surface area contributed by atoms with E-state index < -0.39 is 18.0 Å². The summed E-state index contributed by atoms with van der Waals surface area (Å²) < 4.78 is 16.6. The largest absolute Gasteiger partial charge is 0.490 e. The van der Waals surface area contributed by atoms with Crippen molar-refractivity contribution in [1.82, 2.24) is 4.98 Å². The van der Waals surface area contributed by atoms with E-state index in [1.165, 1.54) is 13.1 Å². The number of nitrogens with zero attached hydrogens (tertiary/aromatic N) is 1. The number of aromatic nitrogens is 1. The van der Waals surface area contributed by atoms with Crippen LogP contribution in [0.15, 0.2) is 72.9 Å². The summed E-state index contributed by atoms with van der Waals surface area (Å²) in [5, 5.41) is 2.72. The number of nitrogens with one attached hydrogen (secondary N) is 1. The number of amides is 1. The molecule has 1 atom stereocenters. The zero-order valence-electron chi connectivity index (χ0n) is 16.8. The standard InChI is InChI=1S/C23H21ClN2O5/c1-16(22(27)26-19-11-7-13-25-21(19)24)31-23(28)18-10-5-6-12-20(18)30-15-14-29-17-8-3-2-4-9-17/h2-13,16H,14-15H2,1H3,(H,26,27). The average molecular weight is 441 g/mol. The van der Waals surface area contributed by atoms with E-state index in [9.17, 15) is 9.59 Å². The van der Waals surface area contributed by atoms with Gasteiger partial charge in [0, 0.05) is 6.20 Å². The first-order valence-electron chi connectivity index (χ1n) is 9.56. The molecule has 1 aromatic heterocycles. The van der Waals surface area contributed by atoms with Crippen LogP contribution in [0.1, 0.15) is 17.3 Å². The monoisotopic (exact) mass is 440 g/mol. The second kappa shape index (κ2) is 11.0. The molecule has 8 heteroatoms. The Morgan fingerprint density at radius 1 is 0.968 bits per heavy atom. The molecule has 0 fully saturated rings. The molecule has 0 spiro atoms. The first kappa shape index (κ1) is 22.1. The summed E-state index contributed by atoms with van der Waals surface area (Å²) in [6.07, 6.45) is 0.446. The predicted molar refractivity (Wildman–Crippen MR) is 117 cm³/mol. The molecular formula is C23H21ClN2O5. The van der Waals surface area contributed by atoms with Gasteiger partial charge in [-0.1, -0.05) is 41.9 Å². The second-order valence-corrected chi connectivity index (χ2v) is 6.74. The van der Waals surface area contributed by atoms with Gasteiger partial charge in [-0.3, -0.25) is 4.79 Å². The molecule has 160 valence electrons. The van der Waals surface area contributed by atoms with Crippen molar-refractivity contribution in [2.24, 2.45) is 0 Å². The number of halogens is 1. The zero-order chi connectivity index (χ0) is 22.1. The highest BCUT2D eigenvalue weighted by atomic mass is 35.5. The van der Waals surface area contributed by atoms with Crippen LogP contribution in [-0.4, -0.2) is 36.2 Å². The Hall–Kier alpha value is -3.58. The molecule has 0 saturated heterocycles. The molecule has 0 aliphatic carbocycles. The zero-order valence-corrected chi connectivity index (χ0v) is 17.5. The van der Waals surface area contributed by atoms with Crippen LogP contribution in [-0.2, 0) is 9.53 Å². The SMILES string of the molecule is CC(OC(=O)c1ccccc1OCCOc1ccccc1)C(=O)Nc1cccnc1Cl. The van der Waals surface area contributed by atoms with Crippen LogP contribution < -0.4 is 14.8 Å². The quantitative estimate of drug-likeness (QED) is 0.302. The van der Waals surface area contributed by atoms with E-state index in [1.54, 1.807) is 36.4 Å². The van der Waals surface area contributed by atoms with Crippen LogP contribution >= 0.6 is 11.6 Å². The van der Waals surface area contributed by atoms with Crippen molar-refractivity contribution in [2.45, 2.75) is 13.0 Å². The Morgan fingerprint density at radius 2 is 1.68 bits per heavy atom. The van der Waals surface area contributed by atoms with Crippen molar-refractivity contribution in [1.29, 1.82) is 0 Å². The summed E-state index contributed by atoms with van der Waals surface area (Å²) in [6, 6.07) is 19.2. The van der Waals surface area contributed by atoms with Crippen LogP contribution in [0, 0.1) is 0 Å². The number of esters is 1. The lowest BCUT2D eigenvalue weighted by Gasteiger charge is -2.16. The van der Waals surface area contributed by atoms with Gasteiger partial charge in [0.25, 0.3) is 5.91 Å². The third kappa shape index (κ3) is 6.45. The number of carbonyl (C=O) groups excluding carboxylic acids is 2. The van der Waals surface area contributed by atoms with E-state index in [1.807, 2.05) is 30.3 Å². The fraction of sp³-hybridized carbons (Fsp3) is 0.174. The second-order valence-electron chi connectivity index (χ2n) is 6.38. The molecule has 0 saturated carbocycles. The maximum Gasteiger partial charge on any atom is 0.342 e. The van der Waals surface area contributed by atoms with Crippen LogP contribution in [0.3, 0.4) is 0 Å². The van der Waals surface area contributed by atoms with Crippen LogP contribution in [0.25, 0.3) is 0 Å². The topological polar surface area (TPSA) is 86.8 Å². The number of ether oxygens (including phenoxy) is 3. The molecular weight excluding hydrogens is 420 g/mol. The first-order chi connectivity index (χ1) is 15.0. The summed E-state index contributed by atoms with van der Waals surface area (Å²) in [4.78, 5) is 28.8. The molecule has 3 rings (SSSR count). The van der Waals surface area contributed by atoms with Gasteiger partial charge in [0.05, 0.1) is 5.69 Å². The van der Waals surface area contributed by atoms with Gasteiger partial charge in [0.15, 0.2) is 11.3 Å². The Morgan fingerprint density at radius 3 is 2.45 bits per heavy atom. The van der Waals surface area contributed by atoms with Crippen LogP contribution in [0.5, 0.6) is 11.5 Å². The van der Waals surface area contributed by atoms with E-state index in [4.69, 9.17) is 25.8 Å². The molecule has 0 aliphatic rings. The van der Waals surface area contributed by atoms with E-state index in [0.717, 1.165) is 5.75 Å². The minimum absolute atomic E-state index is 0.144. The number of hydrogen-bond acceptors (Lipinski definition) is 6. The highest BCUT2D eigenvalue weighted by Gasteiger charge is 2.22. The Labute approximate surface area is 184 Å². The third-order valence-electron chi connectivity index (χ3n) is 4.13. The van der Waals surface area contributed by atoms with E-state index in [2.05, 4.69) is 10.3 Å². The summed E-state index contributed by atoms with van der Waals surface area (Å²) in [7, 11) is 0. The van der Waals surface area contributed by atoms with Gasteiger partial charge in [-0.15, -0.1) is 0 Å². The summed E-state index contributed by atoms with van der Waals surface area (Å²) in [5.41, 5.74) is 0.542. The van der Waals surface area contributed by atoms with E-state index >= 15 is 0 Å². The van der Waals surface area contributed by atoms with Gasteiger partial charge in [-0.2, -0.15) is 0 Å². The number of pyridine rings is 1. The van der Waals surface area contributed by atoms with Crippen molar-refractivity contribution in [3.05, 3.63) is 83.6 Å². The molecule has 31 heavy (non-hydrogen) atoms. The predicted octanol–water partition coefficient (Wildman–Crippen LogP) is 4.38. The Kier molecular flexibility index (Phi) is 7.84. The lowest BCUT2D eigenvalue weighted by molar-refractivity contribution is -0.123. The molecule has 0 bridgehead atoms. The van der Waals surface area contributed by atoms with Gasteiger partial charge in [0.1, 0.15) is 30.3 Å². The van der Waals surface area contributed by atoms with Crippen molar-refractivity contribution >= 4 is 29.2 Å². The number of benzene rings is 2. The highest BCUT2D eigenvalue weighted by Crippen LogP contribution is 2.21. The minimum atomic E-state index is -1.06. The molecule has 2 aromatic carbocycles. The van der Waals surface area contributed by atoms with E-state index in [-0.39, 0.29) is 17.3 Å². The number of anilines is 1. The van der Waals surface area contributed by atoms with Crippen molar-refractivity contribution in [2.75, 3.05) is 18.5 Å². The molecule has 1 amide bonds. The fourth-order valence-electron chi connectivity index (χ4n) is 2.58. The van der Waals surface area contributed by atoms with Gasteiger partial charge in [0.2, 0.25) is 0 Å². The molecule has 1 heterocycles. The number of rotatable bonds is 9.